The van der Waals surface area contributed by atoms with Crippen LogP contribution in [0.2, 0.25) is 0 Å². The van der Waals surface area contributed by atoms with Crippen molar-refractivity contribution >= 4 is 17.0 Å². The number of pyridine rings is 1. The molecule has 1 aromatic carbocycles. The molecule has 0 N–H and O–H groups in total. The molecule has 0 bridgehead atoms. The Hall–Kier alpha value is -1.63. The Bertz CT molecular complexity index is 413. The van der Waals surface area contributed by atoms with E-state index in [0.717, 1.165) is 16.5 Å². The van der Waals surface area contributed by atoms with Crippen LogP contribution in [-0.4, -0.2) is 4.98 Å². The average molecular weight is 155 g/mol. The molecular formula is C11H9N. The third-order valence-electron chi connectivity index (χ3n) is 1.90. The van der Waals surface area contributed by atoms with Crippen LogP contribution in [0, 0.1) is 0 Å². The molecular weight excluding hydrogens is 146 g/mol. The molecule has 0 fully saturated rings. The summed E-state index contributed by atoms with van der Waals surface area (Å²) in [5.74, 6) is 0. The summed E-state index contributed by atoms with van der Waals surface area (Å²) >= 11 is 0. The summed E-state index contributed by atoms with van der Waals surface area (Å²) < 4.78 is 0. The molecule has 0 atom stereocenters. The van der Waals surface area contributed by atoms with Gasteiger partial charge in [0, 0.05) is 11.6 Å². The zero-order chi connectivity index (χ0) is 8.39. The van der Waals surface area contributed by atoms with Crippen LogP contribution in [0.3, 0.4) is 0 Å². The minimum Gasteiger partial charge on any atom is -0.256 e. The van der Waals surface area contributed by atoms with Crippen LogP contribution in [-0.2, 0) is 0 Å². The predicted octanol–water partition coefficient (Wildman–Crippen LogP) is 2.88. The second-order valence-electron chi connectivity index (χ2n) is 2.62. The van der Waals surface area contributed by atoms with E-state index in [9.17, 15) is 0 Å². The van der Waals surface area contributed by atoms with Crippen LogP contribution in [0.25, 0.3) is 17.0 Å². The number of nitrogens with zero attached hydrogens (tertiary/aromatic N) is 1. The minimum absolute atomic E-state index is 1.02. The molecule has 0 saturated heterocycles. The van der Waals surface area contributed by atoms with E-state index in [1.807, 2.05) is 30.3 Å². The molecule has 1 nitrogen and oxygen atoms in total. The lowest BCUT2D eigenvalue weighted by atomic mass is 10.1. The van der Waals surface area contributed by atoms with Crippen LogP contribution in [0.1, 0.15) is 5.56 Å². The maximum absolute atomic E-state index is 4.24. The monoisotopic (exact) mass is 155 g/mol. The summed E-state index contributed by atoms with van der Waals surface area (Å²) in [4.78, 5) is 4.24. The van der Waals surface area contributed by atoms with Crippen LogP contribution in [0.5, 0.6) is 0 Å². The summed E-state index contributed by atoms with van der Waals surface area (Å²) in [6.45, 7) is 3.75. The smallest absolute Gasteiger partial charge is 0.0707 e. The molecule has 0 aliphatic rings. The van der Waals surface area contributed by atoms with Crippen molar-refractivity contribution in [3.63, 3.8) is 0 Å². The van der Waals surface area contributed by atoms with E-state index in [-0.39, 0.29) is 0 Å². The van der Waals surface area contributed by atoms with E-state index in [4.69, 9.17) is 0 Å². The van der Waals surface area contributed by atoms with Crippen molar-refractivity contribution in [3.05, 3.63) is 48.7 Å². The molecule has 0 saturated carbocycles. The standard InChI is InChI=1S/C11H9N/c1-2-9-5-3-7-11-10(9)6-4-8-12-11/h2-8H,1H2. The van der Waals surface area contributed by atoms with Crippen molar-refractivity contribution in [1.29, 1.82) is 0 Å². The third kappa shape index (κ3) is 0.996. The zero-order valence-corrected chi connectivity index (χ0v) is 6.70. The van der Waals surface area contributed by atoms with Crippen molar-refractivity contribution in [2.24, 2.45) is 0 Å². The molecule has 58 valence electrons. The Kier molecular flexibility index (Phi) is 1.63. The lowest BCUT2D eigenvalue weighted by molar-refractivity contribution is 1.41. The summed E-state index contributed by atoms with van der Waals surface area (Å²) in [5.41, 5.74) is 2.16. The average Bonchev–Trinajstić information content (AvgIpc) is 2.17. The Morgan fingerprint density at radius 2 is 2.08 bits per heavy atom. The number of rotatable bonds is 1. The van der Waals surface area contributed by atoms with E-state index in [1.165, 1.54) is 0 Å². The van der Waals surface area contributed by atoms with Crippen molar-refractivity contribution in [3.8, 4) is 0 Å². The van der Waals surface area contributed by atoms with Crippen LogP contribution in [0.4, 0.5) is 0 Å². The highest BCUT2D eigenvalue weighted by atomic mass is 14.6. The fourth-order valence-electron chi connectivity index (χ4n) is 1.31. The second-order valence-corrected chi connectivity index (χ2v) is 2.62. The lowest BCUT2D eigenvalue weighted by Gasteiger charge is -1.98. The summed E-state index contributed by atoms with van der Waals surface area (Å²) in [5, 5.41) is 1.16. The fourth-order valence-corrected chi connectivity index (χ4v) is 1.31. The first-order valence-electron chi connectivity index (χ1n) is 3.88. The van der Waals surface area contributed by atoms with Gasteiger partial charge in [-0.3, -0.25) is 4.98 Å². The van der Waals surface area contributed by atoms with Crippen LogP contribution >= 0.6 is 0 Å². The highest BCUT2D eigenvalue weighted by Crippen LogP contribution is 2.16. The molecule has 0 radical (unpaired) electrons. The maximum Gasteiger partial charge on any atom is 0.0707 e. The van der Waals surface area contributed by atoms with Crippen LogP contribution < -0.4 is 0 Å². The fraction of sp³-hybridized carbons (Fsp3) is 0. The molecule has 2 aromatic rings. The van der Waals surface area contributed by atoms with E-state index < -0.39 is 0 Å². The number of hydrogen-bond donors (Lipinski definition) is 0. The van der Waals surface area contributed by atoms with Gasteiger partial charge in [-0.25, -0.2) is 0 Å². The molecule has 0 aliphatic heterocycles. The van der Waals surface area contributed by atoms with Gasteiger partial charge in [-0.15, -0.1) is 0 Å². The number of benzene rings is 1. The van der Waals surface area contributed by atoms with Crippen molar-refractivity contribution in [2.75, 3.05) is 0 Å². The highest BCUT2D eigenvalue weighted by Gasteiger charge is 1.95. The predicted molar refractivity (Wildman–Crippen MR) is 51.8 cm³/mol. The van der Waals surface area contributed by atoms with Crippen molar-refractivity contribution < 1.29 is 0 Å². The van der Waals surface area contributed by atoms with Crippen LogP contribution in [0.15, 0.2) is 43.1 Å². The quantitative estimate of drug-likeness (QED) is 0.617. The van der Waals surface area contributed by atoms with E-state index in [2.05, 4.69) is 17.6 Å². The first-order valence-corrected chi connectivity index (χ1v) is 3.88. The number of hydrogen-bond acceptors (Lipinski definition) is 1. The number of fused-ring (bicyclic) bond motifs is 1. The normalized spacial score (nSPS) is 10.0. The Balaban J connectivity index is 2.88. The molecule has 0 unspecified atom stereocenters. The molecule has 2 rings (SSSR count). The molecule has 1 heterocycles. The topological polar surface area (TPSA) is 12.9 Å². The molecule has 0 spiro atoms. The molecule has 1 aromatic heterocycles. The second kappa shape index (κ2) is 2.78. The van der Waals surface area contributed by atoms with Gasteiger partial charge in [0.25, 0.3) is 0 Å². The van der Waals surface area contributed by atoms with Gasteiger partial charge >= 0.3 is 0 Å². The van der Waals surface area contributed by atoms with E-state index in [0.29, 0.717) is 0 Å². The van der Waals surface area contributed by atoms with Gasteiger partial charge in [0.15, 0.2) is 0 Å². The molecule has 12 heavy (non-hydrogen) atoms. The Labute approximate surface area is 71.4 Å². The maximum atomic E-state index is 4.24. The summed E-state index contributed by atoms with van der Waals surface area (Å²) in [6, 6.07) is 10.0. The molecule has 0 aliphatic carbocycles. The summed E-state index contributed by atoms with van der Waals surface area (Å²) in [6.07, 6.45) is 3.65. The summed E-state index contributed by atoms with van der Waals surface area (Å²) in [7, 11) is 0. The molecule has 0 amide bonds. The van der Waals surface area contributed by atoms with Gasteiger partial charge in [0.2, 0.25) is 0 Å². The van der Waals surface area contributed by atoms with Gasteiger partial charge in [-0.1, -0.05) is 30.9 Å². The minimum atomic E-state index is 1.02. The van der Waals surface area contributed by atoms with Crippen molar-refractivity contribution in [2.45, 2.75) is 0 Å². The van der Waals surface area contributed by atoms with Gasteiger partial charge in [0.1, 0.15) is 0 Å². The lowest BCUT2D eigenvalue weighted by Crippen LogP contribution is -1.79. The van der Waals surface area contributed by atoms with Gasteiger partial charge in [0.05, 0.1) is 5.52 Å². The third-order valence-corrected chi connectivity index (χ3v) is 1.90. The van der Waals surface area contributed by atoms with Gasteiger partial charge < -0.3 is 0 Å². The largest absolute Gasteiger partial charge is 0.256 e. The van der Waals surface area contributed by atoms with E-state index in [1.54, 1.807) is 6.20 Å². The Morgan fingerprint density at radius 3 is 2.92 bits per heavy atom. The first kappa shape index (κ1) is 7.04. The van der Waals surface area contributed by atoms with Crippen molar-refractivity contribution in [1.82, 2.24) is 4.98 Å². The molecule has 1 heteroatoms. The van der Waals surface area contributed by atoms with Gasteiger partial charge in [-0.05, 0) is 17.7 Å². The highest BCUT2D eigenvalue weighted by molar-refractivity contribution is 5.87. The van der Waals surface area contributed by atoms with Gasteiger partial charge in [-0.2, -0.15) is 0 Å². The SMILES string of the molecule is C=Cc1cccc2ncccc12. The zero-order valence-electron chi connectivity index (χ0n) is 6.70. The number of aromatic nitrogens is 1. The van der Waals surface area contributed by atoms with E-state index >= 15 is 0 Å². The Morgan fingerprint density at radius 1 is 1.17 bits per heavy atom. The first-order chi connectivity index (χ1) is 5.92.